The average molecular weight is 350 g/mol. The summed E-state index contributed by atoms with van der Waals surface area (Å²) in [6.07, 6.45) is -2.72. The van der Waals surface area contributed by atoms with E-state index in [1.54, 1.807) is 0 Å². The van der Waals surface area contributed by atoms with Crippen LogP contribution in [0.2, 0.25) is 0 Å². The lowest BCUT2D eigenvalue weighted by Gasteiger charge is -2.39. The van der Waals surface area contributed by atoms with Gasteiger partial charge in [-0.15, -0.1) is 0 Å². The molecule has 3 aliphatic rings. The SMILES string of the molecule is CC(=O)OC[C@H]1OC(c2ccccc2)O[C@@H]2[C@H]3OC(C)(C)O[C@H]3O[C@@H]21. The second-order valence-electron chi connectivity index (χ2n) is 6.89. The molecule has 1 aromatic carbocycles. The quantitative estimate of drug-likeness (QED) is 0.771. The molecule has 136 valence electrons. The van der Waals surface area contributed by atoms with Crippen LogP contribution in [-0.2, 0) is 33.2 Å². The van der Waals surface area contributed by atoms with Crippen LogP contribution < -0.4 is 0 Å². The Morgan fingerprint density at radius 2 is 1.80 bits per heavy atom. The molecule has 0 spiro atoms. The standard InChI is InChI=1S/C18H22O7/c1-10(19)20-9-12-13-14(15-17(22-13)25-18(2,3)24-15)23-16(21-12)11-7-5-4-6-8-11/h4-8,12-17H,9H2,1-3H3/t12-,13-,14+,15-,16?,17-/m1/s1. The van der Waals surface area contributed by atoms with Gasteiger partial charge in [-0.05, 0) is 13.8 Å². The summed E-state index contributed by atoms with van der Waals surface area (Å²) in [6, 6.07) is 9.62. The van der Waals surface area contributed by atoms with Crippen LogP contribution in [0.5, 0.6) is 0 Å². The third-order valence-electron chi connectivity index (χ3n) is 4.50. The van der Waals surface area contributed by atoms with Crippen LogP contribution in [0.25, 0.3) is 0 Å². The Morgan fingerprint density at radius 1 is 1.04 bits per heavy atom. The maximum absolute atomic E-state index is 11.2. The van der Waals surface area contributed by atoms with Crippen molar-refractivity contribution in [2.45, 2.75) is 63.6 Å². The minimum Gasteiger partial charge on any atom is -0.463 e. The molecule has 0 saturated carbocycles. The number of benzene rings is 1. The van der Waals surface area contributed by atoms with Crippen molar-refractivity contribution in [3.05, 3.63) is 35.9 Å². The molecule has 3 heterocycles. The molecule has 0 amide bonds. The lowest BCUT2D eigenvalue weighted by atomic mass is 10.0. The molecule has 1 unspecified atom stereocenters. The van der Waals surface area contributed by atoms with Gasteiger partial charge in [-0.1, -0.05) is 30.3 Å². The van der Waals surface area contributed by atoms with Gasteiger partial charge in [-0.2, -0.15) is 0 Å². The van der Waals surface area contributed by atoms with Crippen molar-refractivity contribution >= 4 is 5.97 Å². The molecule has 3 saturated heterocycles. The molecule has 4 rings (SSSR count). The molecular formula is C18H22O7. The van der Waals surface area contributed by atoms with Crippen molar-refractivity contribution in [1.82, 2.24) is 0 Å². The maximum atomic E-state index is 11.2. The highest BCUT2D eigenvalue weighted by molar-refractivity contribution is 5.65. The van der Waals surface area contributed by atoms with Gasteiger partial charge in [0.25, 0.3) is 0 Å². The van der Waals surface area contributed by atoms with E-state index in [4.69, 9.17) is 28.4 Å². The molecule has 3 fully saturated rings. The molecule has 6 atom stereocenters. The van der Waals surface area contributed by atoms with Gasteiger partial charge in [0.1, 0.15) is 31.0 Å². The molecule has 0 bridgehead atoms. The van der Waals surface area contributed by atoms with Gasteiger partial charge in [0, 0.05) is 12.5 Å². The predicted molar refractivity (Wildman–Crippen MR) is 84.3 cm³/mol. The summed E-state index contributed by atoms with van der Waals surface area (Å²) in [5.74, 6) is -1.09. The van der Waals surface area contributed by atoms with E-state index in [1.807, 2.05) is 44.2 Å². The molecular weight excluding hydrogens is 328 g/mol. The van der Waals surface area contributed by atoms with Crippen molar-refractivity contribution in [1.29, 1.82) is 0 Å². The van der Waals surface area contributed by atoms with Gasteiger partial charge in [0.15, 0.2) is 18.4 Å². The van der Waals surface area contributed by atoms with Crippen LogP contribution in [0.3, 0.4) is 0 Å². The van der Waals surface area contributed by atoms with E-state index in [0.717, 1.165) is 5.56 Å². The predicted octanol–water partition coefficient (Wildman–Crippen LogP) is 1.91. The first kappa shape index (κ1) is 16.9. The highest BCUT2D eigenvalue weighted by Gasteiger charge is 2.60. The fourth-order valence-corrected chi connectivity index (χ4v) is 3.47. The number of ether oxygens (including phenoxy) is 6. The zero-order valence-corrected chi connectivity index (χ0v) is 14.4. The van der Waals surface area contributed by atoms with Crippen LogP contribution in [0.1, 0.15) is 32.6 Å². The molecule has 3 aliphatic heterocycles. The number of carbonyl (C=O) groups is 1. The van der Waals surface area contributed by atoms with E-state index in [-0.39, 0.29) is 24.8 Å². The Bertz CT molecular complexity index is 632. The van der Waals surface area contributed by atoms with Crippen LogP contribution in [-0.4, -0.2) is 49.1 Å². The van der Waals surface area contributed by atoms with E-state index in [1.165, 1.54) is 6.92 Å². The minimum atomic E-state index is -0.727. The summed E-state index contributed by atoms with van der Waals surface area (Å²) in [5, 5.41) is 0. The first-order valence-electron chi connectivity index (χ1n) is 8.43. The van der Waals surface area contributed by atoms with E-state index < -0.39 is 30.6 Å². The Kier molecular flexibility index (Phi) is 4.29. The number of carbonyl (C=O) groups excluding carboxylic acids is 1. The first-order valence-corrected chi connectivity index (χ1v) is 8.43. The van der Waals surface area contributed by atoms with Crippen LogP contribution >= 0.6 is 0 Å². The summed E-state index contributed by atoms with van der Waals surface area (Å²) in [5.41, 5.74) is 0.885. The van der Waals surface area contributed by atoms with Crippen molar-refractivity contribution in [2.75, 3.05) is 6.61 Å². The average Bonchev–Trinajstić information content (AvgIpc) is 3.05. The summed E-state index contributed by atoms with van der Waals surface area (Å²) in [6.45, 7) is 5.14. The third-order valence-corrected chi connectivity index (χ3v) is 4.50. The van der Waals surface area contributed by atoms with Crippen molar-refractivity contribution in [3.63, 3.8) is 0 Å². The number of fused-ring (bicyclic) bond motifs is 3. The highest BCUT2D eigenvalue weighted by Crippen LogP contribution is 2.44. The Hall–Kier alpha value is -1.51. The van der Waals surface area contributed by atoms with Gasteiger partial charge in [0.05, 0.1) is 0 Å². The fourth-order valence-electron chi connectivity index (χ4n) is 3.47. The number of esters is 1. The third kappa shape index (κ3) is 3.30. The van der Waals surface area contributed by atoms with Gasteiger partial charge in [0.2, 0.25) is 0 Å². The molecule has 1 aromatic rings. The summed E-state index contributed by atoms with van der Waals surface area (Å²) in [4.78, 5) is 11.2. The van der Waals surface area contributed by atoms with Gasteiger partial charge >= 0.3 is 5.97 Å². The Morgan fingerprint density at radius 3 is 2.52 bits per heavy atom. The largest absolute Gasteiger partial charge is 0.463 e. The summed E-state index contributed by atoms with van der Waals surface area (Å²) in [7, 11) is 0. The van der Waals surface area contributed by atoms with Crippen LogP contribution in [0.15, 0.2) is 30.3 Å². The number of hydrogen-bond donors (Lipinski definition) is 0. The molecule has 25 heavy (non-hydrogen) atoms. The highest BCUT2D eigenvalue weighted by atomic mass is 16.9. The van der Waals surface area contributed by atoms with Gasteiger partial charge in [-0.25, -0.2) is 0 Å². The molecule has 7 heteroatoms. The van der Waals surface area contributed by atoms with Gasteiger partial charge in [-0.3, -0.25) is 4.79 Å². The normalized spacial score (nSPS) is 38.8. The summed E-state index contributed by atoms with van der Waals surface area (Å²) < 4.78 is 35.0. The molecule has 0 aromatic heterocycles. The monoisotopic (exact) mass is 350 g/mol. The zero-order valence-electron chi connectivity index (χ0n) is 14.4. The van der Waals surface area contributed by atoms with E-state index >= 15 is 0 Å². The molecule has 0 aliphatic carbocycles. The van der Waals surface area contributed by atoms with Gasteiger partial charge < -0.3 is 28.4 Å². The maximum Gasteiger partial charge on any atom is 0.302 e. The Balaban J connectivity index is 1.57. The van der Waals surface area contributed by atoms with Crippen molar-refractivity contribution in [3.8, 4) is 0 Å². The second kappa shape index (κ2) is 6.34. The first-order chi connectivity index (χ1) is 11.9. The molecule has 0 N–H and O–H groups in total. The zero-order chi connectivity index (χ0) is 17.6. The minimum absolute atomic E-state index is 0.0893. The van der Waals surface area contributed by atoms with E-state index in [2.05, 4.69) is 0 Å². The van der Waals surface area contributed by atoms with Crippen LogP contribution in [0.4, 0.5) is 0 Å². The topological polar surface area (TPSA) is 72.5 Å². The second-order valence-corrected chi connectivity index (χ2v) is 6.89. The van der Waals surface area contributed by atoms with Crippen molar-refractivity contribution in [2.24, 2.45) is 0 Å². The smallest absolute Gasteiger partial charge is 0.302 e. The lowest BCUT2D eigenvalue weighted by Crippen LogP contribution is -2.51. The molecule has 7 nitrogen and oxygen atoms in total. The Labute approximate surface area is 146 Å². The van der Waals surface area contributed by atoms with E-state index in [9.17, 15) is 4.79 Å². The lowest BCUT2D eigenvalue weighted by molar-refractivity contribution is -0.314. The number of rotatable bonds is 3. The van der Waals surface area contributed by atoms with Crippen LogP contribution in [0, 0.1) is 0 Å². The van der Waals surface area contributed by atoms with E-state index in [0.29, 0.717) is 0 Å². The fraction of sp³-hybridized carbons (Fsp3) is 0.611. The summed E-state index contributed by atoms with van der Waals surface area (Å²) >= 11 is 0. The molecule has 0 radical (unpaired) electrons. The number of hydrogen-bond acceptors (Lipinski definition) is 7. The van der Waals surface area contributed by atoms with Crippen molar-refractivity contribution < 1.29 is 33.2 Å².